The van der Waals surface area contributed by atoms with Gasteiger partial charge >= 0.3 is 11.9 Å². The molecule has 0 aliphatic rings. The number of esters is 2. The number of benzene rings is 4. The summed E-state index contributed by atoms with van der Waals surface area (Å²) >= 11 is 0. The first-order valence-electron chi connectivity index (χ1n) is 25.4. The molecule has 0 saturated heterocycles. The number of ether oxygens (including phenoxy) is 12. The Hall–Kier alpha value is -6.52. The summed E-state index contributed by atoms with van der Waals surface area (Å²) in [6, 6.07) is 20.0. The summed E-state index contributed by atoms with van der Waals surface area (Å²) in [7, 11) is 20.7. The van der Waals surface area contributed by atoms with E-state index in [1.165, 1.54) is 6.08 Å². The van der Waals surface area contributed by atoms with E-state index < -0.39 is 0 Å². The van der Waals surface area contributed by atoms with Crippen LogP contribution in [0.4, 0.5) is 0 Å². The van der Waals surface area contributed by atoms with Crippen LogP contribution in [0, 0.1) is 0 Å². The van der Waals surface area contributed by atoms with Crippen LogP contribution in [-0.2, 0) is 44.7 Å². The van der Waals surface area contributed by atoms with Gasteiger partial charge < -0.3 is 65.8 Å². The molecule has 4 aromatic carbocycles. The lowest BCUT2D eigenvalue weighted by Gasteiger charge is -2.35. The molecule has 0 saturated carbocycles. The van der Waals surface area contributed by atoms with Gasteiger partial charge in [0, 0.05) is 51.0 Å². The lowest BCUT2D eigenvalue weighted by molar-refractivity contribution is -0.909. The number of quaternary nitrogens is 2. The lowest BCUT2D eigenvalue weighted by Crippen LogP contribution is -2.48. The molecule has 2 unspecified atom stereocenters. The average molecular weight is 1030 g/mol. The number of methoxy groups -OCH3 is 10. The number of allylic oxidation sites excluding steroid dienone is 1. The van der Waals surface area contributed by atoms with Crippen molar-refractivity contribution >= 4 is 11.9 Å². The van der Waals surface area contributed by atoms with E-state index in [1.807, 2.05) is 54.6 Å². The highest BCUT2D eigenvalue weighted by atomic mass is 16.6. The summed E-state index contributed by atoms with van der Waals surface area (Å²) in [5, 5.41) is 0. The Kier molecular flexibility index (Phi) is 25.4. The largest absolute Gasteiger partial charge is 0.493 e. The van der Waals surface area contributed by atoms with E-state index in [2.05, 4.69) is 26.2 Å². The van der Waals surface area contributed by atoms with Gasteiger partial charge in [0.1, 0.15) is 0 Å². The number of hydrogen-bond donors (Lipinski definition) is 0. The first kappa shape index (κ1) is 60.0. The van der Waals surface area contributed by atoms with Gasteiger partial charge in [-0.05, 0) is 90.0 Å². The molecule has 0 aliphatic carbocycles. The van der Waals surface area contributed by atoms with E-state index >= 15 is 0 Å². The molecule has 0 amide bonds. The van der Waals surface area contributed by atoms with Crippen molar-refractivity contribution in [2.45, 2.75) is 64.2 Å². The third-order valence-electron chi connectivity index (χ3n) is 13.6. The van der Waals surface area contributed by atoms with Crippen molar-refractivity contribution in [1.29, 1.82) is 0 Å². The van der Waals surface area contributed by atoms with Crippen molar-refractivity contribution in [3.8, 4) is 57.5 Å². The van der Waals surface area contributed by atoms with Crippen molar-refractivity contribution in [3.05, 3.63) is 95.1 Å². The molecule has 4 aromatic rings. The van der Waals surface area contributed by atoms with Gasteiger partial charge in [0.2, 0.25) is 11.5 Å². The Morgan fingerprint density at radius 3 is 1.15 bits per heavy atom. The first-order valence-corrected chi connectivity index (χ1v) is 25.4. The number of rotatable bonds is 36. The van der Waals surface area contributed by atoms with Gasteiger partial charge in [0.05, 0.1) is 138 Å². The number of carbonyl (C=O) groups excluding carboxylic acids is 2. The minimum atomic E-state index is -0.376. The monoisotopic (exact) mass is 1030 g/mol. The van der Waals surface area contributed by atoms with Crippen LogP contribution >= 0.6 is 0 Å². The Morgan fingerprint density at radius 1 is 0.405 bits per heavy atom. The van der Waals surface area contributed by atoms with Crippen molar-refractivity contribution in [2.24, 2.45) is 0 Å². The van der Waals surface area contributed by atoms with Gasteiger partial charge in [-0.1, -0.05) is 18.2 Å². The van der Waals surface area contributed by atoms with Crippen LogP contribution in [0.25, 0.3) is 0 Å². The highest BCUT2D eigenvalue weighted by Gasteiger charge is 2.25. The maximum absolute atomic E-state index is 12.8. The molecule has 0 aliphatic heterocycles. The van der Waals surface area contributed by atoms with Crippen LogP contribution in [0.15, 0.2) is 72.8 Å². The fourth-order valence-electron chi connectivity index (χ4n) is 8.98. The molecular formula is C58H84N2O14+2. The zero-order valence-electron chi connectivity index (χ0n) is 46.3. The Bertz CT molecular complexity index is 2340. The van der Waals surface area contributed by atoms with E-state index in [0.29, 0.717) is 103 Å². The summed E-state index contributed by atoms with van der Waals surface area (Å²) in [6.45, 7) is 5.60. The van der Waals surface area contributed by atoms with Crippen LogP contribution in [0.2, 0.25) is 0 Å². The number of hydrogen-bond acceptors (Lipinski definition) is 14. The van der Waals surface area contributed by atoms with E-state index in [0.717, 1.165) is 103 Å². The smallest absolute Gasteiger partial charge is 0.330 e. The fourth-order valence-corrected chi connectivity index (χ4v) is 8.98. The molecule has 0 aromatic heterocycles. The summed E-state index contributed by atoms with van der Waals surface area (Å²) in [4.78, 5) is 25.5. The van der Waals surface area contributed by atoms with Gasteiger partial charge in [-0.15, -0.1) is 0 Å². The van der Waals surface area contributed by atoms with Gasteiger partial charge in [-0.2, -0.15) is 0 Å². The molecule has 4 rings (SSSR count). The van der Waals surface area contributed by atoms with Crippen molar-refractivity contribution in [3.63, 3.8) is 0 Å². The lowest BCUT2D eigenvalue weighted by atomic mass is 10.1. The number of nitrogens with zero attached hydrogens (tertiary/aromatic N) is 2. The summed E-state index contributed by atoms with van der Waals surface area (Å²) in [5.74, 6) is 5.78. The third kappa shape index (κ3) is 18.8. The van der Waals surface area contributed by atoms with Crippen molar-refractivity contribution in [1.82, 2.24) is 0 Å². The molecule has 16 heteroatoms. The second-order valence-electron chi connectivity index (χ2n) is 18.8. The quantitative estimate of drug-likeness (QED) is 0.0185. The Morgan fingerprint density at radius 2 is 0.770 bits per heavy atom. The van der Waals surface area contributed by atoms with Crippen LogP contribution in [0.3, 0.4) is 0 Å². The molecule has 0 fully saturated rings. The van der Waals surface area contributed by atoms with Crippen molar-refractivity contribution < 1.29 is 75.4 Å². The van der Waals surface area contributed by atoms with E-state index in [-0.39, 0.29) is 11.9 Å². The Labute approximate surface area is 440 Å². The van der Waals surface area contributed by atoms with E-state index in [4.69, 9.17) is 56.8 Å². The molecule has 74 heavy (non-hydrogen) atoms. The fraction of sp³-hybridized carbons (Fsp3) is 0.517. The molecule has 0 radical (unpaired) electrons. The number of unbranched alkanes of at least 4 members (excludes halogenated alkanes) is 2. The normalized spacial score (nSPS) is 12.8. The summed E-state index contributed by atoms with van der Waals surface area (Å²) in [6.07, 6.45) is 10.2. The topological polar surface area (TPSA) is 145 Å². The molecular weight excluding hydrogens is 949 g/mol. The van der Waals surface area contributed by atoms with Crippen LogP contribution in [0.5, 0.6) is 57.5 Å². The molecule has 408 valence electrons. The average Bonchev–Trinajstić information content (AvgIpc) is 3.43. The highest BCUT2D eigenvalue weighted by molar-refractivity contribution is 5.81. The molecule has 2 atom stereocenters. The minimum absolute atomic E-state index is 0.220. The zero-order chi connectivity index (χ0) is 53.9. The van der Waals surface area contributed by atoms with Gasteiger partial charge in [-0.25, -0.2) is 4.79 Å². The van der Waals surface area contributed by atoms with Crippen molar-refractivity contribution in [2.75, 3.05) is 138 Å². The summed E-state index contributed by atoms with van der Waals surface area (Å²) in [5.41, 5.74) is 4.43. The highest BCUT2D eigenvalue weighted by Crippen LogP contribution is 2.40. The minimum Gasteiger partial charge on any atom is -0.493 e. The van der Waals surface area contributed by atoms with Crippen LogP contribution in [0.1, 0.15) is 60.8 Å². The van der Waals surface area contributed by atoms with Gasteiger partial charge in [-0.3, -0.25) is 4.79 Å². The maximum Gasteiger partial charge on any atom is 0.330 e. The molecule has 0 N–H and O–H groups in total. The third-order valence-corrected chi connectivity index (χ3v) is 13.6. The van der Waals surface area contributed by atoms with Gasteiger partial charge in [0.25, 0.3) is 0 Å². The maximum atomic E-state index is 12.8. The predicted molar refractivity (Wildman–Crippen MR) is 286 cm³/mol. The van der Waals surface area contributed by atoms with E-state index in [9.17, 15) is 9.59 Å². The predicted octanol–water partition coefficient (Wildman–Crippen LogP) is 8.92. The standard InChI is InChI=1S/C58H84N2O14/c1-59(31-25-43-21-23-47(63-3)49(37-43)65-5,33-27-45-39-51(67-7)57(71-11)52(40-45)68-8)29-17-35-73-55(61)19-15-13-14-16-20-56(62)74-36-18-30-60(2,32-26-44-22-24-48(64-4)50(38-44)66-6)34-28-46-41-53(69-9)58(72-12)54(42-46)70-10/h15,19,21-24,37-42H,13-14,16-18,20,25-36H2,1-12H3/q+2/b19-15+. The van der Waals surface area contributed by atoms with Crippen LogP contribution < -0.4 is 47.4 Å². The molecule has 0 heterocycles. The second-order valence-corrected chi connectivity index (χ2v) is 18.8. The van der Waals surface area contributed by atoms with Crippen LogP contribution in [-0.4, -0.2) is 159 Å². The number of likely N-dealkylation sites (N-methyl/N-ethyl adjacent to an activating group) is 2. The molecule has 16 nitrogen and oxygen atoms in total. The Balaban J connectivity index is 1.23. The number of carbonyl (C=O) groups is 2. The zero-order valence-corrected chi connectivity index (χ0v) is 46.3. The van der Waals surface area contributed by atoms with Gasteiger partial charge in [0.15, 0.2) is 46.0 Å². The summed E-state index contributed by atoms with van der Waals surface area (Å²) < 4.78 is 68.4. The first-order chi connectivity index (χ1) is 35.7. The molecule has 0 bridgehead atoms. The SMILES string of the molecule is COc1ccc(CC[N+](C)(CCCOC(=O)/C=C/CCCCC(=O)OCCC[N+](C)(CCc2ccc(OC)c(OC)c2)CCc2cc(OC)c(OC)c(OC)c2)CCc2cc(OC)c(OC)c(OC)c2)cc1OC. The second kappa shape index (κ2) is 31.3. The molecule has 0 spiro atoms. The van der Waals surface area contributed by atoms with E-state index in [1.54, 1.807) is 71.1 Å².